The van der Waals surface area contributed by atoms with Crippen molar-refractivity contribution in [2.24, 2.45) is 0 Å². The number of nitrogens with one attached hydrogen (secondary N) is 2. The van der Waals surface area contributed by atoms with Crippen molar-refractivity contribution in [3.8, 4) is 11.1 Å². The predicted molar refractivity (Wildman–Crippen MR) is 128 cm³/mol. The molecule has 0 aromatic heterocycles. The van der Waals surface area contributed by atoms with E-state index in [9.17, 15) is 19.5 Å². The van der Waals surface area contributed by atoms with Gasteiger partial charge in [-0.15, -0.1) is 0 Å². The highest BCUT2D eigenvalue weighted by atomic mass is 16.5. The number of rotatable bonds is 9. The number of hydrogen-bond donors (Lipinski definition) is 3. The summed E-state index contributed by atoms with van der Waals surface area (Å²) >= 11 is 0. The lowest BCUT2D eigenvalue weighted by Gasteiger charge is -2.44. The summed E-state index contributed by atoms with van der Waals surface area (Å²) in [6.45, 7) is 3.76. The zero-order chi connectivity index (χ0) is 24.3. The third-order valence-electron chi connectivity index (χ3n) is 7.15. The van der Waals surface area contributed by atoms with E-state index in [-0.39, 0.29) is 24.9 Å². The third-order valence-corrected chi connectivity index (χ3v) is 7.15. The van der Waals surface area contributed by atoms with Gasteiger partial charge in [0.05, 0.1) is 12.0 Å². The normalized spacial score (nSPS) is 17.5. The first-order chi connectivity index (χ1) is 16.3. The molecule has 0 radical (unpaired) electrons. The highest BCUT2D eigenvalue weighted by Crippen LogP contribution is 2.44. The Kier molecular flexibility index (Phi) is 6.64. The molecule has 7 heteroatoms. The Hall–Kier alpha value is -3.35. The van der Waals surface area contributed by atoms with Gasteiger partial charge < -0.3 is 20.5 Å². The third kappa shape index (κ3) is 4.65. The summed E-state index contributed by atoms with van der Waals surface area (Å²) in [5.41, 5.74) is 2.59. The van der Waals surface area contributed by atoms with Gasteiger partial charge in [-0.3, -0.25) is 9.59 Å². The maximum absolute atomic E-state index is 13.2. The first-order valence-electron chi connectivity index (χ1n) is 11.9. The van der Waals surface area contributed by atoms with Crippen molar-refractivity contribution in [2.45, 2.75) is 69.4 Å². The molecule has 2 aromatic rings. The van der Waals surface area contributed by atoms with Crippen LogP contribution in [0.4, 0.5) is 4.79 Å². The second-order valence-corrected chi connectivity index (χ2v) is 9.69. The molecule has 7 nitrogen and oxygen atoms in total. The van der Waals surface area contributed by atoms with E-state index < -0.39 is 23.1 Å². The summed E-state index contributed by atoms with van der Waals surface area (Å²) in [6, 6.07) is 16.2. The first kappa shape index (κ1) is 23.8. The summed E-state index contributed by atoms with van der Waals surface area (Å²) in [5, 5.41) is 14.9. The Morgan fingerprint density at radius 3 is 2.15 bits per heavy atom. The maximum Gasteiger partial charge on any atom is 0.408 e. The Bertz CT molecular complexity index is 1050. The van der Waals surface area contributed by atoms with Crippen LogP contribution in [0.1, 0.15) is 69.4 Å². The molecule has 2 aromatic carbocycles. The molecule has 0 saturated heterocycles. The van der Waals surface area contributed by atoms with Crippen LogP contribution in [0.15, 0.2) is 48.5 Å². The van der Waals surface area contributed by atoms with Gasteiger partial charge in [0.25, 0.3) is 0 Å². The van der Waals surface area contributed by atoms with Crippen molar-refractivity contribution in [3.63, 3.8) is 0 Å². The van der Waals surface area contributed by atoms with Crippen LogP contribution in [0.25, 0.3) is 11.1 Å². The molecule has 0 bridgehead atoms. The van der Waals surface area contributed by atoms with E-state index >= 15 is 0 Å². The standard InChI is InChI=1S/C27H32N2O5/c1-3-13-26(2,24(32)28-27(14-8-15-27)16-23(30)31)29-25(33)34-17-22-20-11-6-4-9-18(20)19-10-5-7-12-21(19)22/h4-7,9-12,22H,3,8,13-17H2,1-2H3,(H,28,32)(H,29,33)(H,30,31). The molecule has 1 atom stereocenters. The van der Waals surface area contributed by atoms with Crippen LogP contribution >= 0.6 is 0 Å². The highest BCUT2D eigenvalue weighted by molar-refractivity contribution is 5.90. The van der Waals surface area contributed by atoms with E-state index in [0.717, 1.165) is 28.7 Å². The fourth-order valence-electron chi connectivity index (χ4n) is 5.21. The molecule has 3 N–H and O–H groups in total. The Balaban J connectivity index is 1.43. The van der Waals surface area contributed by atoms with Gasteiger partial charge in [0.1, 0.15) is 12.1 Å². The molecule has 2 aliphatic rings. The Morgan fingerprint density at radius 1 is 1.06 bits per heavy atom. The summed E-state index contributed by atoms with van der Waals surface area (Å²) < 4.78 is 5.64. The van der Waals surface area contributed by atoms with Gasteiger partial charge >= 0.3 is 12.1 Å². The minimum Gasteiger partial charge on any atom is -0.481 e. The fourth-order valence-corrected chi connectivity index (χ4v) is 5.21. The van der Waals surface area contributed by atoms with E-state index in [4.69, 9.17) is 4.74 Å². The molecule has 0 spiro atoms. The molecule has 1 fully saturated rings. The van der Waals surface area contributed by atoms with E-state index in [2.05, 4.69) is 34.9 Å². The predicted octanol–water partition coefficient (Wildman–Crippen LogP) is 4.60. The topological polar surface area (TPSA) is 105 Å². The monoisotopic (exact) mass is 464 g/mol. The number of ether oxygens (including phenoxy) is 1. The highest BCUT2D eigenvalue weighted by Gasteiger charge is 2.45. The van der Waals surface area contributed by atoms with Crippen molar-refractivity contribution >= 4 is 18.0 Å². The second kappa shape index (κ2) is 9.49. The van der Waals surface area contributed by atoms with E-state index in [0.29, 0.717) is 25.7 Å². The van der Waals surface area contributed by atoms with Gasteiger partial charge in [-0.05, 0) is 54.9 Å². The molecular weight excluding hydrogens is 432 g/mol. The summed E-state index contributed by atoms with van der Waals surface area (Å²) in [4.78, 5) is 37.3. The number of hydrogen-bond acceptors (Lipinski definition) is 4. The number of fused-ring (bicyclic) bond motifs is 3. The van der Waals surface area contributed by atoms with Crippen molar-refractivity contribution in [1.82, 2.24) is 10.6 Å². The van der Waals surface area contributed by atoms with Crippen LogP contribution in [0.3, 0.4) is 0 Å². The summed E-state index contributed by atoms with van der Waals surface area (Å²) in [7, 11) is 0. The number of alkyl carbamates (subject to hydrolysis) is 1. The first-order valence-corrected chi connectivity index (χ1v) is 11.9. The maximum atomic E-state index is 13.2. The number of amides is 2. The zero-order valence-corrected chi connectivity index (χ0v) is 19.7. The van der Waals surface area contributed by atoms with Crippen LogP contribution < -0.4 is 10.6 Å². The van der Waals surface area contributed by atoms with Crippen LogP contribution in [-0.2, 0) is 14.3 Å². The Labute approximate surface area is 199 Å². The smallest absolute Gasteiger partial charge is 0.408 e. The largest absolute Gasteiger partial charge is 0.481 e. The molecular formula is C27H32N2O5. The lowest BCUT2D eigenvalue weighted by molar-refractivity contribution is -0.141. The SMILES string of the molecule is CCCC(C)(NC(=O)OCC1c2ccccc2-c2ccccc21)C(=O)NC1(CC(=O)O)CCC1. The van der Waals surface area contributed by atoms with Gasteiger partial charge in [0.2, 0.25) is 5.91 Å². The van der Waals surface area contributed by atoms with Crippen LogP contribution in [0.5, 0.6) is 0 Å². The second-order valence-electron chi connectivity index (χ2n) is 9.69. The van der Waals surface area contributed by atoms with Crippen molar-refractivity contribution in [2.75, 3.05) is 6.61 Å². The Morgan fingerprint density at radius 2 is 1.65 bits per heavy atom. The zero-order valence-electron chi connectivity index (χ0n) is 19.7. The molecule has 2 amide bonds. The molecule has 1 unspecified atom stereocenters. The van der Waals surface area contributed by atoms with Crippen molar-refractivity contribution in [1.29, 1.82) is 0 Å². The number of carbonyl (C=O) groups is 3. The summed E-state index contributed by atoms with van der Waals surface area (Å²) in [5.74, 6) is -1.39. The van der Waals surface area contributed by atoms with Gasteiger partial charge in [-0.25, -0.2) is 4.79 Å². The van der Waals surface area contributed by atoms with Crippen LogP contribution in [-0.4, -0.2) is 40.8 Å². The van der Waals surface area contributed by atoms with Crippen molar-refractivity contribution in [3.05, 3.63) is 59.7 Å². The molecule has 34 heavy (non-hydrogen) atoms. The van der Waals surface area contributed by atoms with Crippen molar-refractivity contribution < 1.29 is 24.2 Å². The number of benzene rings is 2. The minimum atomic E-state index is -1.20. The molecule has 1 saturated carbocycles. The number of carboxylic acids is 1. The average Bonchev–Trinajstić information content (AvgIpc) is 3.09. The lowest BCUT2D eigenvalue weighted by atomic mass is 9.73. The summed E-state index contributed by atoms with van der Waals surface area (Å²) in [6.07, 6.45) is 2.42. The van der Waals surface area contributed by atoms with E-state index in [1.807, 2.05) is 31.2 Å². The number of carboxylic acid groups (broad SMARTS) is 1. The molecule has 180 valence electrons. The van der Waals surface area contributed by atoms with Gasteiger partial charge in [0.15, 0.2) is 0 Å². The quantitative estimate of drug-likeness (QED) is 0.503. The number of aliphatic carboxylic acids is 1. The molecule has 0 heterocycles. The number of carbonyl (C=O) groups excluding carboxylic acids is 2. The van der Waals surface area contributed by atoms with Crippen LogP contribution in [0.2, 0.25) is 0 Å². The fraction of sp³-hybridized carbons (Fsp3) is 0.444. The van der Waals surface area contributed by atoms with Gasteiger partial charge in [-0.1, -0.05) is 61.9 Å². The van der Waals surface area contributed by atoms with Gasteiger partial charge in [-0.2, -0.15) is 0 Å². The lowest BCUT2D eigenvalue weighted by Crippen LogP contribution is -2.64. The molecule has 4 rings (SSSR count). The van der Waals surface area contributed by atoms with E-state index in [1.54, 1.807) is 6.92 Å². The van der Waals surface area contributed by atoms with Gasteiger partial charge in [0, 0.05) is 5.92 Å². The molecule has 0 aliphatic heterocycles. The van der Waals surface area contributed by atoms with E-state index in [1.165, 1.54) is 0 Å². The van der Waals surface area contributed by atoms with Crippen LogP contribution in [0, 0.1) is 0 Å². The average molecular weight is 465 g/mol. The molecule has 2 aliphatic carbocycles. The minimum absolute atomic E-state index is 0.0711.